The van der Waals surface area contributed by atoms with E-state index in [1.807, 2.05) is 59.7 Å². The van der Waals surface area contributed by atoms with Crippen molar-refractivity contribution < 1.29 is 4.79 Å². The lowest BCUT2D eigenvalue weighted by molar-refractivity contribution is -0.115. The van der Waals surface area contributed by atoms with Crippen LogP contribution in [0.2, 0.25) is 0 Å². The maximum Gasteiger partial charge on any atom is 0.330 e. The molecule has 0 saturated carbocycles. The van der Waals surface area contributed by atoms with Crippen molar-refractivity contribution >= 4 is 23.1 Å². The third-order valence-electron chi connectivity index (χ3n) is 5.00. The number of nitrogens with zero attached hydrogens (tertiary/aromatic N) is 2. The first-order chi connectivity index (χ1) is 14.5. The lowest BCUT2D eigenvalue weighted by Gasteiger charge is -2.27. The molecule has 0 unspecified atom stereocenters. The van der Waals surface area contributed by atoms with Gasteiger partial charge < -0.3 is 16.0 Å². The molecule has 0 bridgehead atoms. The molecule has 1 aromatic heterocycles. The fraction of sp³-hybridized carbons (Fsp3) is 0.522. The van der Waals surface area contributed by atoms with Gasteiger partial charge in [-0.25, -0.2) is 4.79 Å². The van der Waals surface area contributed by atoms with Crippen LogP contribution in [0.4, 0.5) is 17.2 Å². The van der Waals surface area contributed by atoms with E-state index in [0.717, 1.165) is 23.2 Å². The van der Waals surface area contributed by atoms with Gasteiger partial charge in [-0.15, -0.1) is 0 Å². The van der Waals surface area contributed by atoms with Crippen molar-refractivity contribution in [2.24, 2.45) is 11.8 Å². The number of benzene rings is 1. The van der Waals surface area contributed by atoms with Crippen LogP contribution in [-0.2, 0) is 17.8 Å². The van der Waals surface area contributed by atoms with Crippen LogP contribution in [0, 0.1) is 18.8 Å². The highest BCUT2D eigenvalue weighted by molar-refractivity contribution is 5.95. The molecule has 0 radical (unpaired) electrons. The van der Waals surface area contributed by atoms with Crippen LogP contribution in [0.5, 0.6) is 0 Å². The van der Waals surface area contributed by atoms with Crippen molar-refractivity contribution in [3.05, 3.63) is 50.2 Å². The second kappa shape index (κ2) is 10.3. The average molecular weight is 430 g/mol. The van der Waals surface area contributed by atoms with Gasteiger partial charge in [-0.05, 0) is 36.3 Å². The summed E-state index contributed by atoms with van der Waals surface area (Å²) in [6, 6.07) is 5.90. The molecule has 1 aromatic carbocycles. The molecule has 31 heavy (non-hydrogen) atoms. The molecule has 8 nitrogen and oxygen atoms in total. The predicted molar refractivity (Wildman–Crippen MR) is 127 cm³/mol. The Kier molecular flexibility index (Phi) is 8.08. The number of aromatic amines is 1. The maximum absolute atomic E-state index is 13.0. The fourth-order valence-corrected chi connectivity index (χ4v) is 3.66. The molecule has 2 rings (SSSR count). The summed E-state index contributed by atoms with van der Waals surface area (Å²) in [5, 5.41) is 3.00. The average Bonchev–Trinajstić information content (AvgIpc) is 2.65. The zero-order valence-electron chi connectivity index (χ0n) is 19.4. The minimum absolute atomic E-state index is 0.0527. The van der Waals surface area contributed by atoms with Crippen molar-refractivity contribution in [2.45, 2.75) is 54.5 Å². The second-order valence-electron chi connectivity index (χ2n) is 8.78. The van der Waals surface area contributed by atoms with Gasteiger partial charge in [0.1, 0.15) is 11.5 Å². The van der Waals surface area contributed by atoms with E-state index in [-0.39, 0.29) is 35.8 Å². The smallest absolute Gasteiger partial charge is 0.330 e. The van der Waals surface area contributed by atoms with E-state index in [1.165, 1.54) is 4.57 Å². The quantitative estimate of drug-likeness (QED) is 0.567. The number of aromatic nitrogens is 2. The predicted octanol–water partition coefficient (Wildman–Crippen LogP) is 2.75. The third-order valence-corrected chi connectivity index (χ3v) is 5.00. The number of hydrogen-bond donors (Lipinski definition) is 3. The largest absolute Gasteiger partial charge is 0.383 e. The third kappa shape index (κ3) is 5.99. The monoisotopic (exact) mass is 429 g/mol. The van der Waals surface area contributed by atoms with E-state index in [1.54, 1.807) is 4.90 Å². The number of rotatable bonds is 9. The topological polar surface area (TPSA) is 113 Å². The van der Waals surface area contributed by atoms with Crippen LogP contribution < -0.4 is 27.2 Å². The number of hydrogen-bond acceptors (Lipinski definition) is 5. The molecule has 0 aliphatic carbocycles. The number of carbonyl (C=O) groups excluding carboxylic acids is 1. The summed E-state index contributed by atoms with van der Waals surface area (Å²) in [5.74, 6) is 0.168. The zero-order chi connectivity index (χ0) is 23.3. The second-order valence-corrected chi connectivity index (χ2v) is 8.78. The van der Waals surface area contributed by atoms with Crippen molar-refractivity contribution in [1.29, 1.82) is 0 Å². The van der Waals surface area contributed by atoms with Gasteiger partial charge in [-0.1, -0.05) is 52.8 Å². The molecule has 1 heterocycles. The molecule has 1 amide bonds. The van der Waals surface area contributed by atoms with Crippen molar-refractivity contribution in [3.63, 3.8) is 0 Å². The van der Waals surface area contributed by atoms with Gasteiger partial charge in [0.15, 0.2) is 0 Å². The Morgan fingerprint density at radius 1 is 1.19 bits per heavy atom. The first-order valence-corrected chi connectivity index (χ1v) is 10.8. The molecule has 0 fully saturated rings. The number of nitrogens with two attached hydrogens (primary N) is 1. The molecule has 0 aliphatic rings. The summed E-state index contributed by atoms with van der Waals surface area (Å²) >= 11 is 0. The van der Waals surface area contributed by atoms with Gasteiger partial charge in [0.25, 0.3) is 5.56 Å². The Hall–Kier alpha value is -3.03. The van der Waals surface area contributed by atoms with E-state index in [9.17, 15) is 14.4 Å². The number of anilines is 3. The van der Waals surface area contributed by atoms with Crippen LogP contribution >= 0.6 is 0 Å². The van der Waals surface area contributed by atoms with E-state index < -0.39 is 11.2 Å². The standard InChI is InChI=1S/C23H35N5O3/c1-7-17-10-8-9-16(6)19(17)25-18(29)13-27(11-14(2)3)20-21(24)28(12-15(4)5)23(31)26-22(20)30/h8-10,14-15H,7,11-13,24H2,1-6H3,(H,25,29)(H,26,30,31). The lowest BCUT2D eigenvalue weighted by atomic mass is 10.1. The number of carbonyl (C=O) groups is 1. The summed E-state index contributed by atoms with van der Waals surface area (Å²) in [6.45, 7) is 12.7. The first-order valence-electron chi connectivity index (χ1n) is 10.8. The molecule has 8 heteroatoms. The molecule has 0 saturated heterocycles. The number of para-hydroxylation sites is 1. The lowest BCUT2D eigenvalue weighted by Crippen LogP contribution is -2.43. The Morgan fingerprint density at radius 3 is 2.45 bits per heavy atom. The highest BCUT2D eigenvalue weighted by atomic mass is 16.2. The Balaban J connectivity index is 2.43. The summed E-state index contributed by atoms with van der Waals surface area (Å²) < 4.78 is 1.36. The van der Waals surface area contributed by atoms with Crippen LogP contribution in [0.15, 0.2) is 27.8 Å². The number of nitrogen functional groups attached to an aromatic ring is 1. The van der Waals surface area contributed by atoms with Crippen LogP contribution in [0.25, 0.3) is 0 Å². The van der Waals surface area contributed by atoms with E-state index >= 15 is 0 Å². The van der Waals surface area contributed by atoms with Crippen molar-refractivity contribution in [1.82, 2.24) is 9.55 Å². The van der Waals surface area contributed by atoms with E-state index in [4.69, 9.17) is 5.73 Å². The van der Waals surface area contributed by atoms with Gasteiger partial charge in [0, 0.05) is 18.8 Å². The summed E-state index contributed by atoms with van der Waals surface area (Å²) in [5.41, 5.74) is 8.13. The van der Waals surface area contributed by atoms with E-state index in [0.29, 0.717) is 13.1 Å². The molecular formula is C23H35N5O3. The number of H-pyrrole nitrogens is 1. The molecule has 170 valence electrons. The highest BCUT2D eigenvalue weighted by Gasteiger charge is 2.22. The molecule has 2 aromatic rings. The Morgan fingerprint density at radius 2 is 1.87 bits per heavy atom. The summed E-state index contributed by atoms with van der Waals surface area (Å²) in [4.78, 5) is 42.0. The van der Waals surface area contributed by atoms with Crippen LogP contribution in [0.1, 0.15) is 45.7 Å². The normalized spacial score (nSPS) is 11.2. The maximum atomic E-state index is 13.0. The highest BCUT2D eigenvalue weighted by Crippen LogP contribution is 2.22. The summed E-state index contributed by atoms with van der Waals surface area (Å²) in [7, 11) is 0. The van der Waals surface area contributed by atoms with Gasteiger partial charge in [-0.2, -0.15) is 0 Å². The molecular weight excluding hydrogens is 394 g/mol. The van der Waals surface area contributed by atoms with Gasteiger partial charge in [-0.3, -0.25) is 19.1 Å². The Labute approximate surface area is 183 Å². The molecule has 0 spiro atoms. The van der Waals surface area contributed by atoms with Gasteiger partial charge in [0.2, 0.25) is 5.91 Å². The SMILES string of the molecule is CCc1cccc(C)c1NC(=O)CN(CC(C)C)c1c(N)n(CC(C)C)c(=O)[nH]c1=O. The minimum atomic E-state index is -0.582. The van der Waals surface area contributed by atoms with E-state index in [2.05, 4.69) is 10.3 Å². The first kappa shape index (κ1) is 24.2. The number of amides is 1. The van der Waals surface area contributed by atoms with Crippen LogP contribution in [-0.4, -0.2) is 28.5 Å². The van der Waals surface area contributed by atoms with Crippen molar-refractivity contribution in [3.8, 4) is 0 Å². The molecule has 0 aliphatic heterocycles. The van der Waals surface area contributed by atoms with Gasteiger partial charge in [0.05, 0.1) is 6.54 Å². The number of nitrogens with one attached hydrogen (secondary N) is 2. The molecule has 0 atom stereocenters. The zero-order valence-corrected chi connectivity index (χ0v) is 19.4. The minimum Gasteiger partial charge on any atom is -0.383 e. The number of aryl methyl sites for hydroxylation is 2. The van der Waals surface area contributed by atoms with Gasteiger partial charge >= 0.3 is 5.69 Å². The van der Waals surface area contributed by atoms with Crippen LogP contribution in [0.3, 0.4) is 0 Å². The molecule has 4 N–H and O–H groups in total. The summed E-state index contributed by atoms with van der Waals surface area (Å²) in [6.07, 6.45) is 0.791. The fourth-order valence-electron chi connectivity index (χ4n) is 3.66. The van der Waals surface area contributed by atoms with Crippen molar-refractivity contribution in [2.75, 3.05) is 29.0 Å². The Bertz CT molecular complexity index is 1040.